The second kappa shape index (κ2) is 11.1. The van der Waals surface area contributed by atoms with Gasteiger partial charge in [-0.1, -0.05) is 54.1 Å². The van der Waals surface area contributed by atoms with Crippen molar-refractivity contribution < 1.29 is 4.74 Å². The molecule has 3 rings (SSSR count). The maximum Gasteiger partial charge on any atom is 0.191 e. The third-order valence-electron chi connectivity index (χ3n) is 4.70. The van der Waals surface area contributed by atoms with Crippen molar-refractivity contribution in [3.05, 3.63) is 70.2 Å². The van der Waals surface area contributed by atoms with Crippen LogP contribution >= 0.6 is 11.6 Å². The quantitative estimate of drug-likeness (QED) is 0.552. The molecule has 2 aromatic rings. The van der Waals surface area contributed by atoms with Gasteiger partial charge in [0.1, 0.15) is 0 Å². The molecule has 1 fully saturated rings. The van der Waals surface area contributed by atoms with E-state index in [9.17, 15) is 0 Å². The van der Waals surface area contributed by atoms with Crippen LogP contribution in [0.5, 0.6) is 0 Å². The molecule has 5 nitrogen and oxygen atoms in total. The van der Waals surface area contributed by atoms with E-state index in [0.717, 1.165) is 55.9 Å². The molecule has 28 heavy (non-hydrogen) atoms. The Morgan fingerprint density at radius 1 is 1.04 bits per heavy atom. The van der Waals surface area contributed by atoms with E-state index in [4.69, 9.17) is 21.3 Å². The second-order valence-corrected chi connectivity index (χ2v) is 7.25. The van der Waals surface area contributed by atoms with Crippen molar-refractivity contribution in [2.75, 3.05) is 32.8 Å². The number of morpholine rings is 1. The van der Waals surface area contributed by atoms with Gasteiger partial charge in [-0.2, -0.15) is 0 Å². The molecule has 0 unspecified atom stereocenters. The Bertz CT molecular complexity index is 757. The van der Waals surface area contributed by atoms with Gasteiger partial charge in [-0.3, -0.25) is 4.90 Å². The fourth-order valence-corrected chi connectivity index (χ4v) is 3.30. The van der Waals surface area contributed by atoms with E-state index in [2.05, 4.69) is 46.7 Å². The fraction of sp³-hybridized carbons (Fsp3) is 0.409. The molecule has 1 aliphatic heterocycles. The normalized spacial score (nSPS) is 15.4. The summed E-state index contributed by atoms with van der Waals surface area (Å²) in [6, 6.07) is 16.6. The van der Waals surface area contributed by atoms with Crippen molar-refractivity contribution in [2.24, 2.45) is 4.99 Å². The second-order valence-electron chi connectivity index (χ2n) is 6.85. The molecular weight excluding hydrogens is 372 g/mol. The zero-order chi connectivity index (χ0) is 19.6. The van der Waals surface area contributed by atoms with Crippen molar-refractivity contribution in [3.63, 3.8) is 0 Å². The number of rotatable bonds is 7. The Morgan fingerprint density at radius 3 is 2.46 bits per heavy atom. The average molecular weight is 401 g/mol. The molecule has 0 aliphatic carbocycles. The highest BCUT2D eigenvalue weighted by Crippen LogP contribution is 2.14. The highest BCUT2D eigenvalue weighted by molar-refractivity contribution is 6.31. The van der Waals surface area contributed by atoms with Crippen molar-refractivity contribution in [1.82, 2.24) is 15.5 Å². The summed E-state index contributed by atoms with van der Waals surface area (Å²) in [4.78, 5) is 7.13. The van der Waals surface area contributed by atoms with E-state index < -0.39 is 0 Å². The molecule has 0 spiro atoms. The van der Waals surface area contributed by atoms with Gasteiger partial charge in [0.2, 0.25) is 0 Å². The van der Waals surface area contributed by atoms with Gasteiger partial charge < -0.3 is 15.4 Å². The van der Waals surface area contributed by atoms with Gasteiger partial charge in [-0.15, -0.1) is 0 Å². The van der Waals surface area contributed by atoms with E-state index >= 15 is 0 Å². The van der Waals surface area contributed by atoms with Crippen molar-refractivity contribution >= 4 is 17.6 Å². The van der Waals surface area contributed by atoms with Crippen LogP contribution in [-0.4, -0.2) is 43.7 Å². The molecule has 0 aromatic heterocycles. The Labute approximate surface area is 172 Å². The van der Waals surface area contributed by atoms with Gasteiger partial charge in [0.25, 0.3) is 0 Å². The topological polar surface area (TPSA) is 48.9 Å². The number of benzene rings is 2. The Balaban J connectivity index is 1.54. The van der Waals surface area contributed by atoms with Gasteiger partial charge in [0.15, 0.2) is 5.96 Å². The number of guanidine groups is 1. The number of nitrogens with zero attached hydrogens (tertiary/aromatic N) is 2. The first-order valence-corrected chi connectivity index (χ1v) is 10.3. The lowest BCUT2D eigenvalue weighted by molar-refractivity contribution is 0.0342. The van der Waals surface area contributed by atoms with E-state index in [0.29, 0.717) is 13.1 Å². The summed E-state index contributed by atoms with van der Waals surface area (Å²) in [7, 11) is 0. The molecular formula is C22H29ClN4O. The average Bonchev–Trinajstić information content (AvgIpc) is 2.73. The Morgan fingerprint density at radius 2 is 1.75 bits per heavy atom. The van der Waals surface area contributed by atoms with Crippen LogP contribution in [0.3, 0.4) is 0 Å². The van der Waals surface area contributed by atoms with Gasteiger partial charge >= 0.3 is 0 Å². The number of halogens is 1. The monoisotopic (exact) mass is 400 g/mol. The molecule has 0 bridgehead atoms. The first kappa shape index (κ1) is 20.6. The number of nitrogens with one attached hydrogen (secondary N) is 2. The number of hydrogen-bond acceptors (Lipinski definition) is 3. The molecule has 1 aliphatic rings. The summed E-state index contributed by atoms with van der Waals surface area (Å²) < 4.78 is 5.41. The number of ether oxygens (including phenoxy) is 1. The largest absolute Gasteiger partial charge is 0.379 e. The smallest absolute Gasteiger partial charge is 0.191 e. The SMILES string of the molecule is CCNC(=NCc1ccc(CN2CCOCC2)cc1)NCc1ccccc1Cl. The van der Waals surface area contributed by atoms with Gasteiger partial charge in [-0.05, 0) is 29.7 Å². The summed E-state index contributed by atoms with van der Waals surface area (Å²) in [5.41, 5.74) is 3.58. The minimum atomic E-state index is 0.635. The standard InChI is InChI=1S/C22H29ClN4O/c1-2-24-22(26-16-20-5-3-4-6-21(20)23)25-15-18-7-9-19(10-8-18)17-27-11-13-28-14-12-27/h3-10H,2,11-17H2,1H3,(H2,24,25,26). The molecule has 1 heterocycles. The minimum Gasteiger partial charge on any atom is -0.379 e. The molecule has 0 amide bonds. The van der Waals surface area contributed by atoms with E-state index in [-0.39, 0.29) is 0 Å². The van der Waals surface area contributed by atoms with Crippen LogP contribution in [0.4, 0.5) is 0 Å². The highest BCUT2D eigenvalue weighted by Gasteiger charge is 2.10. The maximum absolute atomic E-state index is 6.23. The first-order valence-electron chi connectivity index (χ1n) is 9.88. The number of aliphatic imine (C=N–C) groups is 1. The lowest BCUT2D eigenvalue weighted by Crippen LogP contribution is -2.36. The summed E-state index contributed by atoms with van der Waals surface area (Å²) in [6.07, 6.45) is 0. The van der Waals surface area contributed by atoms with E-state index in [1.54, 1.807) is 0 Å². The Kier molecular flexibility index (Phi) is 8.15. The third-order valence-corrected chi connectivity index (χ3v) is 5.07. The molecule has 0 radical (unpaired) electrons. The maximum atomic E-state index is 6.23. The number of hydrogen-bond donors (Lipinski definition) is 2. The van der Waals surface area contributed by atoms with Crippen LogP contribution in [-0.2, 0) is 24.4 Å². The summed E-state index contributed by atoms with van der Waals surface area (Å²) >= 11 is 6.23. The summed E-state index contributed by atoms with van der Waals surface area (Å²) in [5, 5.41) is 7.40. The summed E-state index contributed by atoms with van der Waals surface area (Å²) in [5.74, 6) is 0.791. The zero-order valence-corrected chi connectivity index (χ0v) is 17.2. The molecule has 150 valence electrons. The van der Waals surface area contributed by atoms with E-state index in [1.807, 2.05) is 24.3 Å². The van der Waals surface area contributed by atoms with Crippen LogP contribution in [0.2, 0.25) is 5.02 Å². The lowest BCUT2D eigenvalue weighted by atomic mass is 10.1. The van der Waals surface area contributed by atoms with Crippen molar-refractivity contribution in [1.29, 1.82) is 0 Å². The molecule has 0 atom stereocenters. The third kappa shape index (κ3) is 6.51. The molecule has 2 N–H and O–H groups in total. The van der Waals surface area contributed by atoms with Crippen LogP contribution in [0.15, 0.2) is 53.5 Å². The zero-order valence-electron chi connectivity index (χ0n) is 16.5. The summed E-state index contributed by atoms with van der Waals surface area (Å²) in [6.45, 7) is 8.82. The van der Waals surface area contributed by atoms with Gasteiger partial charge in [-0.25, -0.2) is 4.99 Å². The lowest BCUT2D eigenvalue weighted by Gasteiger charge is -2.26. The molecule has 0 saturated carbocycles. The van der Waals surface area contributed by atoms with Crippen LogP contribution in [0.25, 0.3) is 0 Å². The van der Waals surface area contributed by atoms with Crippen LogP contribution < -0.4 is 10.6 Å². The Hall–Kier alpha value is -2.08. The van der Waals surface area contributed by atoms with Gasteiger partial charge in [0, 0.05) is 37.7 Å². The van der Waals surface area contributed by atoms with Crippen molar-refractivity contribution in [3.8, 4) is 0 Å². The highest BCUT2D eigenvalue weighted by atomic mass is 35.5. The first-order chi connectivity index (χ1) is 13.7. The fourth-order valence-electron chi connectivity index (χ4n) is 3.10. The van der Waals surface area contributed by atoms with E-state index in [1.165, 1.54) is 11.1 Å². The van der Waals surface area contributed by atoms with Crippen LogP contribution in [0, 0.1) is 0 Å². The minimum absolute atomic E-state index is 0.635. The van der Waals surface area contributed by atoms with Crippen LogP contribution in [0.1, 0.15) is 23.6 Å². The molecule has 6 heteroatoms. The predicted octanol–water partition coefficient (Wildman–Crippen LogP) is 3.43. The molecule has 1 saturated heterocycles. The van der Waals surface area contributed by atoms with Crippen molar-refractivity contribution in [2.45, 2.75) is 26.6 Å². The molecule has 2 aromatic carbocycles. The van der Waals surface area contributed by atoms with Gasteiger partial charge in [0.05, 0.1) is 19.8 Å². The predicted molar refractivity (Wildman–Crippen MR) is 116 cm³/mol.